The normalized spacial score (nSPS) is 20.8. The third-order valence-electron chi connectivity index (χ3n) is 4.50. The van der Waals surface area contributed by atoms with Crippen molar-refractivity contribution < 1.29 is 9.59 Å². The molecule has 6 heteroatoms. The smallest absolute Gasteiger partial charge is 0.242 e. The van der Waals surface area contributed by atoms with E-state index in [0.29, 0.717) is 16.5 Å². The number of carbonyl (C=O) groups excluding carboxylic acids is 2. The number of halogens is 1. The van der Waals surface area contributed by atoms with E-state index in [0.717, 1.165) is 25.9 Å². The van der Waals surface area contributed by atoms with Crippen molar-refractivity contribution in [2.45, 2.75) is 32.2 Å². The lowest BCUT2D eigenvalue weighted by molar-refractivity contribution is -0.133. The van der Waals surface area contributed by atoms with Crippen LogP contribution in [0.2, 0.25) is 5.02 Å². The van der Waals surface area contributed by atoms with Gasteiger partial charge in [-0.3, -0.25) is 14.9 Å². The van der Waals surface area contributed by atoms with Crippen molar-refractivity contribution in [1.82, 2.24) is 10.2 Å². The van der Waals surface area contributed by atoms with Gasteiger partial charge in [-0.25, -0.2) is 0 Å². The van der Waals surface area contributed by atoms with E-state index in [1.807, 2.05) is 4.90 Å². The molecule has 2 atom stereocenters. The molecule has 5 nitrogen and oxygen atoms in total. The standard InChI is InChI=1S/C17H24ClN3O2/c1-12-5-4-8-21(11-12)15(22)10-20-17(2,16(19)23)13-6-3-7-14(18)9-13/h3,6-7,9,12,20H,4-5,8,10-11H2,1-2H3,(H2,19,23)/t12-,17+/m0/s1. The summed E-state index contributed by atoms with van der Waals surface area (Å²) in [6.45, 7) is 5.43. The second-order valence-electron chi connectivity index (χ2n) is 6.44. The van der Waals surface area contributed by atoms with E-state index in [4.69, 9.17) is 17.3 Å². The van der Waals surface area contributed by atoms with Gasteiger partial charge in [0.15, 0.2) is 0 Å². The Morgan fingerprint density at radius 2 is 2.22 bits per heavy atom. The summed E-state index contributed by atoms with van der Waals surface area (Å²) in [5.74, 6) is -0.0335. The number of benzene rings is 1. The molecule has 1 heterocycles. The first kappa shape index (κ1) is 17.8. The summed E-state index contributed by atoms with van der Waals surface area (Å²) in [4.78, 5) is 26.2. The van der Waals surface area contributed by atoms with Crippen molar-refractivity contribution in [2.24, 2.45) is 11.7 Å². The first-order valence-corrected chi connectivity index (χ1v) is 8.29. The number of nitrogens with two attached hydrogens (primary N) is 1. The van der Waals surface area contributed by atoms with E-state index in [-0.39, 0.29) is 12.5 Å². The zero-order chi connectivity index (χ0) is 17.0. The number of primary amides is 1. The van der Waals surface area contributed by atoms with E-state index in [9.17, 15) is 9.59 Å². The Morgan fingerprint density at radius 1 is 1.48 bits per heavy atom. The fraction of sp³-hybridized carbons (Fsp3) is 0.529. The number of hydrogen-bond donors (Lipinski definition) is 2. The number of piperidine rings is 1. The molecule has 0 radical (unpaired) electrons. The fourth-order valence-corrected chi connectivity index (χ4v) is 3.10. The Bertz CT molecular complexity index is 593. The highest BCUT2D eigenvalue weighted by Gasteiger charge is 2.34. The van der Waals surface area contributed by atoms with Gasteiger partial charge in [-0.1, -0.05) is 30.7 Å². The number of carbonyl (C=O) groups is 2. The molecule has 1 fully saturated rings. The first-order chi connectivity index (χ1) is 10.8. The highest BCUT2D eigenvalue weighted by Crippen LogP contribution is 2.23. The van der Waals surface area contributed by atoms with Crippen LogP contribution in [0.3, 0.4) is 0 Å². The van der Waals surface area contributed by atoms with Crippen LogP contribution in [-0.2, 0) is 15.1 Å². The Morgan fingerprint density at radius 3 is 2.83 bits per heavy atom. The average molecular weight is 338 g/mol. The summed E-state index contributed by atoms with van der Waals surface area (Å²) >= 11 is 6.00. The van der Waals surface area contributed by atoms with Crippen LogP contribution in [0.1, 0.15) is 32.3 Å². The van der Waals surface area contributed by atoms with Gasteiger partial charge >= 0.3 is 0 Å². The highest BCUT2D eigenvalue weighted by atomic mass is 35.5. The summed E-state index contributed by atoms with van der Waals surface area (Å²) in [5.41, 5.74) is 5.08. The van der Waals surface area contributed by atoms with Crippen LogP contribution >= 0.6 is 11.6 Å². The monoisotopic (exact) mass is 337 g/mol. The van der Waals surface area contributed by atoms with Gasteiger partial charge in [-0.05, 0) is 43.4 Å². The summed E-state index contributed by atoms with van der Waals surface area (Å²) in [6, 6.07) is 6.95. The Labute approximate surface area is 142 Å². The van der Waals surface area contributed by atoms with Crippen LogP contribution in [0, 0.1) is 5.92 Å². The molecule has 1 aliphatic rings. The van der Waals surface area contributed by atoms with E-state index in [1.54, 1.807) is 31.2 Å². The molecule has 23 heavy (non-hydrogen) atoms. The van der Waals surface area contributed by atoms with E-state index >= 15 is 0 Å². The van der Waals surface area contributed by atoms with Crippen LogP contribution in [-0.4, -0.2) is 36.3 Å². The molecule has 0 bridgehead atoms. The fourth-order valence-electron chi connectivity index (χ4n) is 2.91. The van der Waals surface area contributed by atoms with Gasteiger partial charge in [0.05, 0.1) is 6.54 Å². The molecule has 0 saturated carbocycles. The van der Waals surface area contributed by atoms with Gasteiger partial charge in [-0.15, -0.1) is 0 Å². The molecular formula is C17H24ClN3O2. The Hall–Kier alpha value is -1.59. The molecule has 3 N–H and O–H groups in total. The van der Waals surface area contributed by atoms with Crippen molar-refractivity contribution >= 4 is 23.4 Å². The molecule has 0 unspecified atom stereocenters. The van der Waals surface area contributed by atoms with Gasteiger partial charge < -0.3 is 10.6 Å². The summed E-state index contributed by atoms with van der Waals surface area (Å²) in [6.07, 6.45) is 2.17. The molecule has 2 amide bonds. The zero-order valence-corrected chi connectivity index (χ0v) is 14.4. The topological polar surface area (TPSA) is 75.4 Å². The number of rotatable bonds is 5. The lowest BCUT2D eigenvalue weighted by Gasteiger charge is -2.33. The molecule has 0 aromatic heterocycles. The Balaban J connectivity index is 2.08. The molecule has 2 rings (SSSR count). The van der Waals surface area contributed by atoms with Gasteiger partial charge in [0.25, 0.3) is 0 Å². The first-order valence-electron chi connectivity index (χ1n) is 7.91. The van der Waals surface area contributed by atoms with Crippen LogP contribution in [0.25, 0.3) is 0 Å². The lowest BCUT2D eigenvalue weighted by Crippen LogP contribution is -2.54. The summed E-state index contributed by atoms with van der Waals surface area (Å²) in [7, 11) is 0. The maximum atomic E-state index is 12.4. The molecule has 0 spiro atoms. The number of likely N-dealkylation sites (tertiary alicyclic amines) is 1. The quantitative estimate of drug-likeness (QED) is 0.861. The second-order valence-corrected chi connectivity index (χ2v) is 6.88. The SMILES string of the molecule is C[C@H]1CCCN(C(=O)CN[C@@](C)(C(N)=O)c2cccc(Cl)c2)C1. The minimum Gasteiger partial charge on any atom is -0.368 e. The Kier molecular flexibility index (Phi) is 5.65. The zero-order valence-electron chi connectivity index (χ0n) is 13.6. The molecular weight excluding hydrogens is 314 g/mol. The maximum absolute atomic E-state index is 12.4. The molecule has 1 aliphatic heterocycles. The number of nitrogens with one attached hydrogen (secondary N) is 1. The van der Waals surface area contributed by atoms with Crippen LogP contribution in [0.4, 0.5) is 0 Å². The molecule has 126 valence electrons. The molecule has 0 aliphatic carbocycles. The van der Waals surface area contributed by atoms with Crippen molar-refractivity contribution in [3.05, 3.63) is 34.9 Å². The molecule has 1 aromatic rings. The number of nitrogens with zero attached hydrogens (tertiary/aromatic N) is 1. The molecule has 1 saturated heterocycles. The van der Waals surface area contributed by atoms with Gasteiger partial charge in [0.2, 0.25) is 11.8 Å². The van der Waals surface area contributed by atoms with Gasteiger partial charge in [-0.2, -0.15) is 0 Å². The molecule has 1 aromatic carbocycles. The largest absolute Gasteiger partial charge is 0.368 e. The number of amides is 2. The van der Waals surface area contributed by atoms with E-state index in [2.05, 4.69) is 12.2 Å². The number of hydrogen-bond acceptors (Lipinski definition) is 3. The van der Waals surface area contributed by atoms with Crippen molar-refractivity contribution in [3.63, 3.8) is 0 Å². The highest BCUT2D eigenvalue weighted by molar-refractivity contribution is 6.30. The van der Waals surface area contributed by atoms with Crippen LogP contribution in [0.15, 0.2) is 24.3 Å². The maximum Gasteiger partial charge on any atom is 0.242 e. The van der Waals surface area contributed by atoms with E-state index < -0.39 is 11.4 Å². The summed E-state index contributed by atoms with van der Waals surface area (Å²) < 4.78 is 0. The predicted molar refractivity (Wildman–Crippen MR) is 91.0 cm³/mol. The van der Waals surface area contributed by atoms with Crippen molar-refractivity contribution in [1.29, 1.82) is 0 Å². The average Bonchev–Trinajstić information content (AvgIpc) is 2.52. The lowest BCUT2D eigenvalue weighted by atomic mass is 9.91. The van der Waals surface area contributed by atoms with Gasteiger partial charge in [0, 0.05) is 18.1 Å². The van der Waals surface area contributed by atoms with Crippen LogP contribution < -0.4 is 11.1 Å². The van der Waals surface area contributed by atoms with Crippen molar-refractivity contribution in [2.75, 3.05) is 19.6 Å². The third kappa shape index (κ3) is 4.24. The predicted octanol–water partition coefficient (Wildman–Crippen LogP) is 1.89. The van der Waals surface area contributed by atoms with Crippen molar-refractivity contribution in [3.8, 4) is 0 Å². The van der Waals surface area contributed by atoms with Crippen LogP contribution in [0.5, 0.6) is 0 Å². The third-order valence-corrected chi connectivity index (χ3v) is 4.73. The van der Waals surface area contributed by atoms with Gasteiger partial charge in [0.1, 0.15) is 5.54 Å². The summed E-state index contributed by atoms with van der Waals surface area (Å²) in [5, 5.41) is 3.55. The minimum absolute atomic E-state index is 0.00828. The van der Waals surface area contributed by atoms with E-state index in [1.165, 1.54) is 0 Å². The second kappa shape index (κ2) is 7.32. The minimum atomic E-state index is -1.14.